The van der Waals surface area contributed by atoms with Gasteiger partial charge in [0.2, 0.25) is 0 Å². The lowest BCUT2D eigenvalue weighted by Gasteiger charge is -2.08. The van der Waals surface area contributed by atoms with E-state index in [-0.39, 0.29) is 4.90 Å². The van der Waals surface area contributed by atoms with Gasteiger partial charge in [-0.3, -0.25) is 4.72 Å². The van der Waals surface area contributed by atoms with Crippen LogP contribution in [0, 0.1) is 6.92 Å². The third-order valence-corrected chi connectivity index (χ3v) is 4.96. The van der Waals surface area contributed by atoms with E-state index in [2.05, 4.69) is 9.88 Å². The number of hydrogen-bond donors (Lipinski definition) is 2. The maximum Gasteiger partial charge on any atom is 0.261 e. The highest BCUT2D eigenvalue weighted by molar-refractivity contribution is 7.92. The van der Waals surface area contributed by atoms with Gasteiger partial charge in [0.05, 0.1) is 4.90 Å². The van der Waals surface area contributed by atoms with E-state index in [0.29, 0.717) is 22.8 Å². The third-order valence-electron chi connectivity index (χ3n) is 3.56. The summed E-state index contributed by atoms with van der Waals surface area (Å²) < 4.78 is 32.9. The van der Waals surface area contributed by atoms with Crippen molar-refractivity contribution in [1.29, 1.82) is 0 Å². The maximum atomic E-state index is 12.4. The lowest BCUT2D eigenvalue weighted by atomic mass is 10.2. The Labute approximate surface area is 145 Å². The van der Waals surface area contributed by atoms with Crippen LogP contribution in [0.5, 0.6) is 0 Å². The second-order valence-electron chi connectivity index (χ2n) is 5.44. The minimum Gasteiger partial charge on any atom is -0.455 e. The summed E-state index contributed by atoms with van der Waals surface area (Å²) in [5.74, 6) is 0.945. The van der Waals surface area contributed by atoms with Crippen molar-refractivity contribution in [2.24, 2.45) is 5.16 Å². The molecule has 25 heavy (non-hydrogen) atoms. The summed E-state index contributed by atoms with van der Waals surface area (Å²) in [4.78, 5) is 0.153. The number of oxime groups is 1. The molecule has 0 amide bonds. The Hall–Kier alpha value is -3.06. The van der Waals surface area contributed by atoms with Gasteiger partial charge < -0.3 is 9.62 Å². The fourth-order valence-corrected chi connectivity index (χ4v) is 3.33. The Morgan fingerprint density at radius 3 is 2.32 bits per heavy atom. The molecule has 0 aliphatic rings. The number of anilines is 1. The van der Waals surface area contributed by atoms with Crippen LogP contribution in [0.4, 0.5) is 5.69 Å². The third kappa shape index (κ3) is 3.89. The van der Waals surface area contributed by atoms with Crippen LogP contribution in [0.3, 0.4) is 0 Å². The van der Waals surface area contributed by atoms with Crippen LogP contribution in [0.25, 0.3) is 11.3 Å². The van der Waals surface area contributed by atoms with Crippen molar-refractivity contribution >= 4 is 21.9 Å². The number of rotatable bonds is 5. The molecule has 0 radical (unpaired) electrons. The van der Waals surface area contributed by atoms with E-state index >= 15 is 0 Å². The molecule has 6 nitrogen and oxygen atoms in total. The van der Waals surface area contributed by atoms with Gasteiger partial charge >= 0.3 is 0 Å². The Morgan fingerprint density at radius 1 is 1.00 bits per heavy atom. The molecule has 3 aromatic rings. The number of furan rings is 1. The first kappa shape index (κ1) is 16.8. The number of aryl methyl sites for hydroxylation is 1. The molecule has 0 fully saturated rings. The van der Waals surface area contributed by atoms with E-state index in [9.17, 15) is 8.42 Å². The summed E-state index contributed by atoms with van der Waals surface area (Å²) in [7, 11) is -3.66. The van der Waals surface area contributed by atoms with Crippen LogP contribution in [0.15, 0.2) is 75.1 Å². The van der Waals surface area contributed by atoms with Crippen LogP contribution < -0.4 is 4.72 Å². The minimum atomic E-state index is -3.66. The summed E-state index contributed by atoms with van der Waals surface area (Å²) >= 11 is 0. The Bertz CT molecular complexity index is 988. The maximum absolute atomic E-state index is 12.4. The smallest absolute Gasteiger partial charge is 0.261 e. The van der Waals surface area contributed by atoms with E-state index in [1.165, 1.54) is 18.3 Å². The van der Waals surface area contributed by atoms with E-state index in [0.717, 1.165) is 5.56 Å². The number of nitrogens with zero attached hydrogens (tertiary/aromatic N) is 1. The van der Waals surface area contributed by atoms with Gasteiger partial charge in [-0.2, -0.15) is 0 Å². The Morgan fingerprint density at radius 2 is 1.68 bits per heavy atom. The van der Waals surface area contributed by atoms with Gasteiger partial charge in [0.25, 0.3) is 10.0 Å². The largest absolute Gasteiger partial charge is 0.455 e. The van der Waals surface area contributed by atoms with Crippen molar-refractivity contribution in [3.05, 3.63) is 72.0 Å². The molecule has 7 heteroatoms. The first-order chi connectivity index (χ1) is 12.0. The molecule has 3 rings (SSSR count). The fraction of sp³-hybridized carbons (Fsp3) is 0.0556. The van der Waals surface area contributed by atoms with Gasteiger partial charge in [0, 0.05) is 11.3 Å². The van der Waals surface area contributed by atoms with Crippen LogP contribution in [0.1, 0.15) is 11.3 Å². The molecule has 0 aliphatic carbocycles. The molecule has 0 saturated heterocycles. The second kappa shape index (κ2) is 6.82. The summed E-state index contributed by atoms with van der Waals surface area (Å²) in [6.07, 6.45) is 1.17. The first-order valence-electron chi connectivity index (χ1n) is 7.45. The lowest BCUT2D eigenvalue weighted by Crippen LogP contribution is -2.12. The topological polar surface area (TPSA) is 91.9 Å². The van der Waals surface area contributed by atoms with E-state index < -0.39 is 10.0 Å². The Balaban J connectivity index is 1.81. The average Bonchev–Trinajstić information content (AvgIpc) is 3.06. The van der Waals surface area contributed by atoms with Gasteiger partial charge in [-0.1, -0.05) is 22.9 Å². The zero-order valence-electron chi connectivity index (χ0n) is 13.4. The molecule has 0 aliphatic heterocycles. The first-order valence-corrected chi connectivity index (χ1v) is 8.93. The monoisotopic (exact) mass is 356 g/mol. The van der Waals surface area contributed by atoms with Gasteiger partial charge in [0.1, 0.15) is 17.7 Å². The van der Waals surface area contributed by atoms with Crippen LogP contribution >= 0.6 is 0 Å². The highest BCUT2D eigenvalue weighted by atomic mass is 32.2. The average molecular weight is 356 g/mol. The number of hydrogen-bond acceptors (Lipinski definition) is 5. The van der Waals surface area contributed by atoms with E-state index in [4.69, 9.17) is 9.62 Å². The standard InChI is InChI=1S/C18H16N2O4S/c1-13-2-6-15(7-3-13)20-25(22,23)17-9-4-14(5-10-17)18-11-8-16(24-18)12-19-21/h2-12,20-21H,1H3/b19-12+. The Kier molecular flexibility index (Phi) is 4.58. The van der Waals surface area contributed by atoms with Crippen molar-refractivity contribution in [2.45, 2.75) is 11.8 Å². The molecule has 2 N–H and O–H groups in total. The highest BCUT2D eigenvalue weighted by Crippen LogP contribution is 2.24. The zero-order valence-corrected chi connectivity index (χ0v) is 14.2. The second-order valence-corrected chi connectivity index (χ2v) is 7.12. The fourth-order valence-electron chi connectivity index (χ4n) is 2.27. The van der Waals surface area contributed by atoms with Crippen LogP contribution in [-0.2, 0) is 10.0 Å². The van der Waals surface area contributed by atoms with Gasteiger partial charge in [0.15, 0.2) is 0 Å². The van der Waals surface area contributed by atoms with Crippen molar-refractivity contribution in [3.8, 4) is 11.3 Å². The predicted octanol–water partition coefficient (Wildman–Crippen LogP) is 3.86. The predicted molar refractivity (Wildman–Crippen MR) is 95.5 cm³/mol. The number of benzene rings is 2. The molecule has 0 unspecified atom stereocenters. The van der Waals surface area contributed by atoms with Gasteiger partial charge in [-0.25, -0.2) is 8.42 Å². The molecule has 0 atom stereocenters. The summed E-state index contributed by atoms with van der Waals surface area (Å²) in [5.41, 5.74) is 2.27. The SMILES string of the molecule is Cc1ccc(NS(=O)(=O)c2ccc(-c3ccc(/C=N/O)o3)cc2)cc1. The van der Waals surface area contributed by atoms with Crippen molar-refractivity contribution in [3.63, 3.8) is 0 Å². The van der Waals surface area contributed by atoms with E-state index in [1.807, 2.05) is 19.1 Å². The summed E-state index contributed by atoms with van der Waals surface area (Å²) in [6.45, 7) is 1.93. The molecular formula is C18H16N2O4S. The zero-order chi connectivity index (χ0) is 17.9. The molecule has 0 saturated carbocycles. The van der Waals surface area contributed by atoms with Crippen molar-refractivity contribution < 1.29 is 18.0 Å². The number of sulfonamides is 1. The summed E-state index contributed by atoms with van der Waals surface area (Å²) in [5, 5.41) is 11.4. The normalized spacial score (nSPS) is 11.7. The quantitative estimate of drug-likeness (QED) is 0.412. The highest BCUT2D eigenvalue weighted by Gasteiger charge is 2.14. The minimum absolute atomic E-state index is 0.153. The molecule has 1 aromatic heterocycles. The molecule has 1 heterocycles. The molecular weight excluding hydrogens is 340 g/mol. The molecule has 128 valence electrons. The van der Waals surface area contributed by atoms with Crippen LogP contribution in [-0.4, -0.2) is 19.8 Å². The number of nitrogens with one attached hydrogen (secondary N) is 1. The molecule has 0 spiro atoms. The van der Waals surface area contributed by atoms with Gasteiger partial charge in [-0.15, -0.1) is 0 Å². The summed E-state index contributed by atoms with van der Waals surface area (Å²) in [6, 6.07) is 16.8. The van der Waals surface area contributed by atoms with Crippen LogP contribution in [0.2, 0.25) is 0 Å². The van der Waals surface area contributed by atoms with E-state index in [1.54, 1.807) is 36.4 Å². The van der Waals surface area contributed by atoms with Gasteiger partial charge in [-0.05, 0) is 55.5 Å². The molecule has 0 bridgehead atoms. The lowest BCUT2D eigenvalue weighted by molar-refractivity contribution is 0.321. The molecule has 2 aromatic carbocycles. The van der Waals surface area contributed by atoms with Crippen molar-refractivity contribution in [2.75, 3.05) is 4.72 Å². The van der Waals surface area contributed by atoms with Crippen molar-refractivity contribution in [1.82, 2.24) is 0 Å².